The Bertz CT molecular complexity index is 1840. The summed E-state index contributed by atoms with van der Waals surface area (Å²) in [5.74, 6) is -0.258. The third-order valence-electron chi connectivity index (χ3n) is 8.48. The summed E-state index contributed by atoms with van der Waals surface area (Å²) in [5, 5.41) is 3.21. The van der Waals surface area contributed by atoms with E-state index in [-0.39, 0.29) is 35.4 Å². The molecular weight excluding hydrogens is 641 g/mol. The Morgan fingerprint density at radius 3 is 2.69 bits per heavy atom. The minimum atomic E-state index is -0.671. The number of hydrogen-bond donors (Lipinski definition) is 2. The molecule has 4 aromatic rings. The van der Waals surface area contributed by atoms with Gasteiger partial charge in [-0.2, -0.15) is 0 Å². The van der Waals surface area contributed by atoms with Crippen LogP contribution in [0.25, 0.3) is 16.9 Å². The number of urea groups is 1. The van der Waals surface area contributed by atoms with E-state index in [2.05, 4.69) is 20.3 Å². The maximum Gasteiger partial charge on any atom is 0.320 e. The number of ether oxygens (including phenoxy) is 2. The summed E-state index contributed by atoms with van der Waals surface area (Å²) < 4.78 is 27.8. The number of morpholine rings is 1. The molecule has 252 valence electrons. The fourth-order valence-corrected chi connectivity index (χ4v) is 6.13. The molecule has 2 fully saturated rings. The topological polar surface area (TPSA) is 143 Å². The van der Waals surface area contributed by atoms with E-state index in [1.807, 2.05) is 19.1 Å². The summed E-state index contributed by atoms with van der Waals surface area (Å²) in [6, 6.07) is 8.64. The molecule has 15 heteroatoms. The fraction of sp³-hybridized carbons (Fsp3) is 0.364. The van der Waals surface area contributed by atoms with Crippen molar-refractivity contribution >= 4 is 46.9 Å². The third kappa shape index (κ3) is 6.77. The van der Waals surface area contributed by atoms with Gasteiger partial charge >= 0.3 is 6.03 Å². The minimum Gasteiger partial charge on any atom is -0.485 e. The van der Waals surface area contributed by atoms with Crippen LogP contribution in [0.4, 0.5) is 20.7 Å². The lowest BCUT2D eigenvalue weighted by Gasteiger charge is -2.40. The fourth-order valence-electron chi connectivity index (χ4n) is 5.87. The monoisotopic (exact) mass is 677 g/mol. The zero-order valence-corrected chi connectivity index (χ0v) is 27.5. The Labute approximate surface area is 282 Å². The van der Waals surface area contributed by atoms with E-state index >= 15 is 4.39 Å². The van der Waals surface area contributed by atoms with E-state index in [0.29, 0.717) is 86.4 Å². The number of nitrogens with one attached hydrogen (secondary N) is 1. The van der Waals surface area contributed by atoms with Gasteiger partial charge < -0.3 is 35.2 Å². The number of aliphatic imine (C=N–C) groups is 1. The number of benzene rings is 2. The summed E-state index contributed by atoms with van der Waals surface area (Å²) in [6.07, 6.45) is 6.31. The van der Waals surface area contributed by atoms with Gasteiger partial charge in [0.05, 0.1) is 29.6 Å². The second kappa shape index (κ2) is 14.5. The van der Waals surface area contributed by atoms with Crippen molar-refractivity contribution in [2.45, 2.75) is 13.0 Å². The third-order valence-corrected chi connectivity index (χ3v) is 8.85. The summed E-state index contributed by atoms with van der Waals surface area (Å²) in [6.45, 7) is 5.67. The molecule has 0 aliphatic carbocycles. The van der Waals surface area contributed by atoms with E-state index < -0.39 is 5.82 Å². The predicted molar refractivity (Wildman–Crippen MR) is 181 cm³/mol. The first kappa shape index (κ1) is 33.1. The largest absolute Gasteiger partial charge is 0.485 e. The zero-order chi connectivity index (χ0) is 33.8. The van der Waals surface area contributed by atoms with Gasteiger partial charge in [0.15, 0.2) is 23.0 Å². The molecule has 0 saturated carbocycles. The highest BCUT2D eigenvalue weighted by atomic mass is 35.5. The Balaban J connectivity index is 1.12. The van der Waals surface area contributed by atoms with Crippen molar-refractivity contribution in [2.75, 3.05) is 71.4 Å². The number of carbonyl (C=O) groups excluding carboxylic acids is 2. The molecule has 2 saturated heterocycles. The molecule has 13 nitrogen and oxygen atoms in total. The van der Waals surface area contributed by atoms with Gasteiger partial charge in [0.25, 0.3) is 5.91 Å². The average Bonchev–Trinajstić information content (AvgIpc) is 3.55. The van der Waals surface area contributed by atoms with Crippen LogP contribution in [0, 0.1) is 12.7 Å². The van der Waals surface area contributed by atoms with Crippen LogP contribution in [0.5, 0.6) is 5.75 Å². The molecular formula is C33H37ClFN9O4. The van der Waals surface area contributed by atoms with E-state index in [1.54, 1.807) is 56.9 Å². The molecule has 0 unspecified atom stereocenters. The van der Waals surface area contributed by atoms with Gasteiger partial charge in [0.1, 0.15) is 6.61 Å². The molecule has 4 heterocycles. The lowest BCUT2D eigenvalue weighted by atomic mass is 10.1. The van der Waals surface area contributed by atoms with Crippen LogP contribution in [-0.2, 0) is 4.74 Å². The number of rotatable bonds is 8. The molecule has 2 aliphatic rings. The van der Waals surface area contributed by atoms with Crippen LogP contribution in [0.2, 0.25) is 5.02 Å². The van der Waals surface area contributed by atoms with Crippen LogP contribution >= 0.6 is 11.6 Å². The number of nitrogens with two attached hydrogens (primary N) is 1. The molecule has 1 atom stereocenters. The highest BCUT2D eigenvalue weighted by molar-refractivity contribution is 6.33. The molecule has 2 aromatic carbocycles. The van der Waals surface area contributed by atoms with Gasteiger partial charge in [-0.15, -0.1) is 0 Å². The van der Waals surface area contributed by atoms with Gasteiger partial charge in [-0.05, 0) is 42.8 Å². The Morgan fingerprint density at radius 2 is 1.94 bits per heavy atom. The number of hydrogen-bond acceptors (Lipinski definition) is 9. The number of aryl methyl sites for hydroxylation is 1. The minimum absolute atomic E-state index is 0.0290. The number of carbonyl (C=O) groups is 2. The number of imidazole rings is 1. The van der Waals surface area contributed by atoms with E-state index in [4.69, 9.17) is 26.8 Å². The summed E-state index contributed by atoms with van der Waals surface area (Å²) in [7, 11) is 1.61. The Hall–Kier alpha value is -4.79. The number of nitrogens with zero attached hydrogens (tertiary/aromatic N) is 7. The summed E-state index contributed by atoms with van der Waals surface area (Å²) in [5.41, 5.74) is 9.34. The lowest BCUT2D eigenvalue weighted by molar-refractivity contribution is -0.0157. The number of piperazine rings is 1. The standard InChI is InChI=1S/C33H37ClFN9O4/c1-21-17-22(3-4-24(21)32(45)41-10-12-42(13-11-41)33(46)43-14-16-47-23(18-36)20-43)40-30-31-39-19-26(44(31)9-7-38-30)25-5-6-27(29(35)28(25)34)48-15-8-37-2/h3-9,17,19,23H,10-16,18,20,36H2,1-2H3,(H,38,40)/t23-/m0/s1. The maximum absolute atomic E-state index is 15.0. The molecule has 2 aromatic heterocycles. The normalized spacial score (nSPS) is 16.9. The highest BCUT2D eigenvalue weighted by Crippen LogP contribution is 2.36. The molecule has 3 amide bonds. The van der Waals surface area contributed by atoms with Gasteiger partial charge in [0.2, 0.25) is 0 Å². The average molecular weight is 678 g/mol. The summed E-state index contributed by atoms with van der Waals surface area (Å²) in [4.78, 5) is 44.7. The second-order valence-corrected chi connectivity index (χ2v) is 11.9. The van der Waals surface area contributed by atoms with Crippen molar-refractivity contribution in [3.05, 3.63) is 70.9 Å². The van der Waals surface area contributed by atoms with Gasteiger partial charge in [-0.1, -0.05) is 11.6 Å². The van der Waals surface area contributed by atoms with E-state index in [1.165, 1.54) is 12.3 Å². The van der Waals surface area contributed by atoms with Crippen molar-refractivity contribution in [3.8, 4) is 17.0 Å². The number of aromatic nitrogens is 3. The van der Waals surface area contributed by atoms with Crippen molar-refractivity contribution in [1.82, 2.24) is 29.1 Å². The number of amides is 3. The molecule has 0 spiro atoms. The molecule has 3 N–H and O–H groups in total. The van der Waals surface area contributed by atoms with Crippen molar-refractivity contribution in [2.24, 2.45) is 10.7 Å². The summed E-state index contributed by atoms with van der Waals surface area (Å²) >= 11 is 6.43. The Kier molecular flexibility index (Phi) is 10.0. The van der Waals surface area contributed by atoms with Crippen LogP contribution < -0.4 is 15.8 Å². The van der Waals surface area contributed by atoms with Crippen molar-refractivity contribution < 1.29 is 23.5 Å². The lowest BCUT2D eigenvalue weighted by Crippen LogP contribution is -2.57. The molecule has 0 bridgehead atoms. The van der Waals surface area contributed by atoms with Gasteiger partial charge in [-0.25, -0.2) is 19.2 Å². The first-order valence-corrected chi connectivity index (χ1v) is 16.0. The van der Waals surface area contributed by atoms with E-state index in [9.17, 15) is 9.59 Å². The van der Waals surface area contributed by atoms with Crippen LogP contribution in [0.15, 0.2) is 53.9 Å². The van der Waals surface area contributed by atoms with Crippen LogP contribution in [0.3, 0.4) is 0 Å². The highest BCUT2D eigenvalue weighted by Gasteiger charge is 2.31. The molecule has 6 rings (SSSR count). The second-order valence-electron chi connectivity index (χ2n) is 11.5. The van der Waals surface area contributed by atoms with Gasteiger partial charge in [0, 0.05) is 88.3 Å². The molecule has 0 radical (unpaired) electrons. The maximum atomic E-state index is 15.0. The first-order chi connectivity index (χ1) is 23.3. The number of anilines is 2. The Morgan fingerprint density at radius 1 is 1.15 bits per heavy atom. The predicted octanol–water partition coefficient (Wildman–Crippen LogP) is 3.86. The van der Waals surface area contributed by atoms with Crippen molar-refractivity contribution in [3.63, 3.8) is 0 Å². The molecule has 48 heavy (non-hydrogen) atoms. The number of halogens is 2. The smallest absolute Gasteiger partial charge is 0.320 e. The first-order valence-electron chi connectivity index (χ1n) is 15.6. The van der Waals surface area contributed by atoms with Crippen LogP contribution in [-0.4, -0.2) is 119 Å². The van der Waals surface area contributed by atoms with E-state index in [0.717, 1.165) is 5.56 Å². The van der Waals surface area contributed by atoms with Crippen molar-refractivity contribution in [1.29, 1.82) is 0 Å². The van der Waals surface area contributed by atoms with Crippen LogP contribution in [0.1, 0.15) is 15.9 Å². The quantitative estimate of drug-likeness (QED) is 0.268. The number of fused-ring (bicyclic) bond motifs is 1. The molecule has 2 aliphatic heterocycles. The zero-order valence-electron chi connectivity index (χ0n) is 26.7. The SMILES string of the molecule is CN=CCOc1ccc(-c2cnc3c(Nc4ccc(C(=O)N5CCN(C(=O)N6CCO[C@@H](CN)C6)CC5)c(C)c4)nccn23)c(Cl)c1F. The van der Waals surface area contributed by atoms with Gasteiger partial charge in [-0.3, -0.25) is 14.2 Å².